The molecule has 0 aliphatic heterocycles. The van der Waals surface area contributed by atoms with Crippen molar-refractivity contribution in [3.8, 4) is 0 Å². The number of amides is 1. The maximum atomic E-state index is 13.4. The second-order valence-corrected chi connectivity index (χ2v) is 11.3. The Morgan fingerprint density at radius 1 is 0.974 bits per heavy atom. The molecule has 5 rings (SSSR count). The highest BCUT2D eigenvalue weighted by molar-refractivity contribution is 7.94. The predicted octanol–water partition coefficient (Wildman–Crippen LogP) is 5.24. The molecule has 8 nitrogen and oxygen atoms in total. The molecule has 2 N–H and O–H groups in total. The first kappa shape index (κ1) is 26.0. The number of ketones is 1. The highest BCUT2D eigenvalue weighted by atomic mass is 32.2. The molecule has 0 atom stereocenters. The van der Waals surface area contributed by atoms with E-state index in [0.717, 1.165) is 11.3 Å². The summed E-state index contributed by atoms with van der Waals surface area (Å²) in [5.41, 5.74) is 5.26. The highest BCUT2D eigenvalue weighted by Crippen LogP contribution is 2.25. The van der Waals surface area contributed by atoms with Crippen molar-refractivity contribution in [3.63, 3.8) is 0 Å². The van der Waals surface area contributed by atoms with Crippen molar-refractivity contribution >= 4 is 50.5 Å². The van der Waals surface area contributed by atoms with Gasteiger partial charge in [0.1, 0.15) is 10.0 Å². The minimum absolute atomic E-state index is 0.0837. The molecule has 0 aliphatic rings. The van der Waals surface area contributed by atoms with Crippen LogP contribution in [0.15, 0.2) is 99.8 Å². The van der Waals surface area contributed by atoms with E-state index in [1.807, 2.05) is 12.1 Å². The number of halogens is 1. The van der Waals surface area contributed by atoms with Gasteiger partial charge in [-0.2, -0.15) is 5.10 Å². The number of nitrogens with zero attached hydrogens (tertiary/aromatic N) is 2. The molecule has 0 saturated heterocycles. The molecule has 0 spiro atoms. The third-order valence-corrected chi connectivity index (χ3v) is 8.76. The van der Waals surface area contributed by atoms with E-state index < -0.39 is 21.7 Å². The standard InChI is InChI=1S/C28H21FN4O4S2/c1-18-22(24-9-4-5-15-33(24)26(18)27(34)19-11-13-20(29)14-12-19)17-30-31-28(35)21-7-2-3-8-23(21)32-39(36,37)25-10-6-16-38-25/h2-17,32H,1H3,(H,31,35). The maximum absolute atomic E-state index is 13.4. The van der Waals surface area contributed by atoms with E-state index in [2.05, 4.69) is 15.2 Å². The van der Waals surface area contributed by atoms with E-state index in [0.29, 0.717) is 27.9 Å². The second-order valence-electron chi connectivity index (χ2n) is 8.46. The molecule has 0 fully saturated rings. The van der Waals surface area contributed by atoms with Crippen LogP contribution in [0.2, 0.25) is 0 Å². The molecule has 0 radical (unpaired) electrons. The number of nitrogens with one attached hydrogen (secondary N) is 2. The lowest BCUT2D eigenvalue weighted by atomic mass is 10.0. The second kappa shape index (κ2) is 10.6. The number of thiophene rings is 1. The zero-order valence-corrected chi connectivity index (χ0v) is 22.1. The van der Waals surface area contributed by atoms with Gasteiger partial charge in [0.15, 0.2) is 0 Å². The topological polar surface area (TPSA) is 109 Å². The van der Waals surface area contributed by atoms with Crippen molar-refractivity contribution in [1.29, 1.82) is 0 Å². The van der Waals surface area contributed by atoms with Crippen molar-refractivity contribution in [2.45, 2.75) is 11.1 Å². The van der Waals surface area contributed by atoms with Crippen LogP contribution in [-0.2, 0) is 10.0 Å². The van der Waals surface area contributed by atoms with E-state index >= 15 is 0 Å². The number of anilines is 1. The van der Waals surface area contributed by atoms with Crippen LogP contribution in [0, 0.1) is 12.7 Å². The Morgan fingerprint density at radius 2 is 1.72 bits per heavy atom. The lowest BCUT2D eigenvalue weighted by Crippen LogP contribution is -2.21. The van der Waals surface area contributed by atoms with Gasteiger partial charge in [-0.3, -0.25) is 14.3 Å². The summed E-state index contributed by atoms with van der Waals surface area (Å²) >= 11 is 1.06. The summed E-state index contributed by atoms with van der Waals surface area (Å²) < 4.78 is 43.0. The number of hydrogen-bond donors (Lipinski definition) is 2. The van der Waals surface area contributed by atoms with Gasteiger partial charge in [-0.05, 0) is 72.5 Å². The van der Waals surface area contributed by atoms with Crippen molar-refractivity contribution < 1.29 is 22.4 Å². The van der Waals surface area contributed by atoms with Crippen LogP contribution in [0.5, 0.6) is 0 Å². The smallest absolute Gasteiger partial charge is 0.273 e. The Kier molecular flexibility index (Phi) is 7.09. The molecule has 1 amide bonds. The largest absolute Gasteiger partial charge is 0.313 e. The van der Waals surface area contributed by atoms with Crippen LogP contribution in [0.4, 0.5) is 10.1 Å². The average molecular weight is 561 g/mol. The Labute approximate surface area is 227 Å². The number of hydrogen-bond acceptors (Lipinski definition) is 6. The van der Waals surface area contributed by atoms with Gasteiger partial charge in [0, 0.05) is 17.3 Å². The van der Waals surface area contributed by atoms with Crippen LogP contribution in [0.3, 0.4) is 0 Å². The molecule has 3 heterocycles. The molecule has 39 heavy (non-hydrogen) atoms. The number of fused-ring (bicyclic) bond motifs is 1. The SMILES string of the molecule is Cc1c(C=NNC(=O)c2ccccc2NS(=O)(=O)c2cccs2)c2ccccn2c1C(=O)c1ccc(F)cc1. The number of carbonyl (C=O) groups excluding carboxylic acids is 2. The zero-order chi connectivity index (χ0) is 27.6. The number of para-hydroxylation sites is 1. The Hall–Kier alpha value is -4.61. The van der Waals surface area contributed by atoms with Crippen molar-refractivity contribution in [2.24, 2.45) is 5.10 Å². The predicted molar refractivity (Wildman–Crippen MR) is 149 cm³/mol. The molecular weight excluding hydrogens is 539 g/mol. The fourth-order valence-corrected chi connectivity index (χ4v) is 6.21. The zero-order valence-electron chi connectivity index (χ0n) is 20.5. The third-order valence-electron chi connectivity index (χ3n) is 5.99. The van der Waals surface area contributed by atoms with Crippen LogP contribution < -0.4 is 10.1 Å². The molecule has 11 heteroatoms. The summed E-state index contributed by atoms with van der Waals surface area (Å²) in [5, 5.41) is 5.75. The lowest BCUT2D eigenvalue weighted by molar-refractivity contribution is 0.0955. The molecule has 0 aliphatic carbocycles. The minimum Gasteiger partial charge on any atom is -0.313 e. The third kappa shape index (κ3) is 5.22. The number of rotatable bonds is 8. The molecular formula is C28H21FN4O4S2. The van der Waals surface area contributed by atoms with Crippen LogP contribution >= 0.6 is 11.3 Å². The van der Waals surface area contributed by atoms with Gasteiger partial charge < -0.3 is 4.40 Å². The molecule has 0 saturated carbocycles. The fraction of sp³-hybridized carbons (Fsp3) is 0.0357. The quantitative estimate of drug-likeness (QED) is 0.154. The maximum Gasteiger partial charge on any atom is 0.273 e. The Bertz CT molecular complexity index is 1830. The van der Waals surface area contributed by atoms with E-state index in [4.69, 9.17) is 0 Å². The van der Waals surface area contributed by atoms with E-state index in [1.54, 1.807) is 47.2 Å². The van der Waals surface area contributed by atoms with Gasteiger partial charge in [-0.15, -0.1) is 11.3 Å². The van der Waals surface area contributed by atoms with Crippen LogP contribution in [0.25, 0.3) is 5.52 Å². The van der Waals surface area contributed by atoms with Crippen LogP contribution in [-0.4, -0.2) is 30.7 Å². The first-order valence-corrected chi connectivity index (χ1v) is 14.0. The van der Waals surface area contributed by atoms with Gasteiger partial charge in [-0.1, -0.05) is 24.3 Å². The number of pyridine rings is 1. The summed E-state index contributed by atoms with van der Waals surface area (Å²) in [6, 6.07) is 20.0. The average Bonchev–Trinajstić information content (AvgIpc) is 3.57. The number of benzene rings is 2. The number of sulfonamides is 1. The van der Waals surface area contributed by atoms with E-state index in [-0.39, 0.29) is 21.2 Å². The lowest BCUT2D eigenvalue weighted by Gasteiger charge is -2.10. The molecule has 0 bridgehead atoms. The van der Waals surface area contributed by atoms with Gasteiger partial charge in [0.2, 0.25) is 5.78 Å². The van der Waals surface area contributed by atoms with Gasteiger partial charge in [0.05, 0.1) is 28.7 Å². The molecule has 0 unspecified atom stereocenters. The first-order valence-electron chi connectivity index (χ1n) is 11.6. The van der Waals surface area contributed by atoms with E-state index in [9.17, 15) is 22.4 Å². The summed E-state index contributed by atoms with van der Waals surface area (Å²) in [6.45, 7) is 1.77. The molecule has 196 valence electrons. The summed E-state index contributed by atoms with van der Waals surface area (Å²) in [7, 11) is -3.86. The van der Waals surface area contributed by atoms with Crippen molar-refractivity contribution in [3.05, 3.63) is 124 Å². The minimum atomic E-state index is -3.86. The van der Waals surface area contributed by atoms with Gasteiger partial charge in [0.25, 0.3) is 15.9 Å². The van der Waals surface area contributed by atoms with Crippen LogP contribution in [0.1, 0.15) is 37.5 Å². The van der Waals surface area contributed by atoms with E-state index in [1.165, 1.54) is 48.7 Å². The monoisotopic (exact) mass is 560 g/mol. The number of hydrazone groups is 1. The molecule has 3 aromatic heterocycles. The Morgan fingerprint density at radius 3 is 2.46 bits per heavy atom. The van der Waals surface area contributed by atoms with Crippen molar-refractivity contribution in [1.82, 2.24) is 9.83 Å². The summed E-state index contributed by atoms with van der Waals surface area (Å²) in [6.07, 6.45) is 3.17. The Balaban J connectivity index is 1.42. The highest BCUT2D eigenvalue weighted by Gasteiger charge is 2.22. The molecule has 5 aromatic rings. The van der Waals surface area contributed by atoms with Gasteiger partial charge >= 0.3 is 0 Å². The van der Waals surface area contributed by atoms with Crippen molar-refractivity contribution in [2.75, 3.05) is 4.72 Å². The molecule has 2 aromatic carbocycles. The first-order chi connectivity index (χ1) is 18.8. The number of carbonyl (C=O) groups is 2. The summed E-state index contributed by atoms with van der Waals surface area (Å²) in [4.78, 5) is 26.3. The fourth-order valence-electron chi connectivity index (χ4n) is 4.14. The number of aromatic nitrogens is 1. The summed E-state index contributed by atoms with van der Waals surface area (Å²) in [5.74, 6) is -1.35. The van der Waals surface area contributed by atoms with Gasteiger partial charge in [-0.25, -0.2) is 18.2 Å². The normalized spacial score (nSPS) is 11.6.